The lowest BCUT2D eigenvalue weighted by Gasteiger charge is -2.26. The third-order valence-corrected chi connectivity index (χ3v) is 1.58. The molecule has 2 atom stereocenters. The zero-order valence-electron chi connectivity index (χ0n) is 7.54. The summed E-state index contributed by atoms with van der Waals surface area (Å²) in [5.74, 6) is -1.54. The fraction of sp³-hybridized carbons (Fsp3) is 0.875. The highest BCUT2D eigenvalue weighted by Crippen LogP contribution is 2.22. The van der Waals surface area contributed by atoms with Gasteiger partial charge < -0.3 is 10.2 Å². The average Bonchev–Trinajstić information content (AvgIpc) is 1.82. The Labute approximate surface area is 71.2 Å². The van der Waals surface area contributed by atoms with Crippen LogP contribution < -0.4 is 0 Å². The molecule has 0 fully saturated rings. The van der Waals surface area contributed by atoms with Gasteiger partial charge in [0, 0.05) is 0 Å². The molecule has 2 unspecified atom stereocenters. The second-order valence-corrected chi connectivity index (χ2v) is 3.66. The molecule has 12 heavy (non-hydrogen) atoms. The van der Waals surface area contributed by atoms with Crippen LogP contribution in [0.15, 0.2) is 0 Å². The summed E-state index contributed by atoms with van der Waals surface area (Å²) in [5.41, 5.74) is -1.76. The maximum Gasteiger partial charge on any atom is 0.341 e. The van der Waals surface area contributed by atoms with Gasteiger partial charge in [-0.15, -0.1) is 0 Å². The van der Waals surface area contributed by atoms with Crippen molar-refractivity contribution in [1.29, 1.82) is 0 Å². The Kier molecular flexibility index (Phi) is 3.64. The first-order valence-corrected chi connectivity index (χ1v) is 3.86. The Morgan fingerprint density at radius 1 is 1.58 bits per heavy atom. The van der Waals surface area contributed by atoms with Gasteiger partial charge in [-0.05, 0) is 19.3 Å². The fourth-order valence-electron chi connectivity index (χ4n) is 1.20. The van der Waals surface area contributed by atoms with Crippen molar-refractivity contribution in [3.05, 3.63) is 0 Å². The van der Waals surface area contributed by atoms with Gasteiger partial charge in [0.1, 0.15) is 5.60 Å². The highest BCUT2D eigenvalue weighted by Gasteiger charge is 2.38. The van der Waals surface area contributed by atoms with Gasteiger partial charge in [-0.2, -0.15) is 0 Å². The molecule has 0 aliphatic rings. The van der Waals surface area contributed by atoms with Crippen molar-refractivity contribution in [1.82, 2.24) is 0 Å². The molecule has 72 valence electrons. The van der Waals surface area contributed by atoms with E-state index in [-0.39, 0.29) is 12.3 Å². The molecule has 0 spiro atoms. The van der Waals surface area contributed by atoms with E-state index < -0.39 is 17.7 Å². The Morgan fingerprint density at radius 3 is 2.25 bits per heavy atom. The normalized spacial score (nSPS) is 18.8. The summed E-state index contributed by atoms with van der Waals surface area (Å²) < 4.78 is 12.8. The molecule has 0 aliphatic carbocycles. The van der Waals surface area contributed by atoms with Crippen LogP contribution in [0.3, 0.4) is 0 Å². The van der Waals surface area contributed by atoms with E-state index in [4.69, 9.17) is 5.11 Å². The number of hydrogen-bond donors (Lipinski definition) is 2. The molecule has 0 saturated carbocycles. The smallest absolute Gasteiger partial charge is 0.341 e. The summed E-state index contributed by atoms with van der Waals surface area (Å²) in [4.78, 5) is 10.2. The second-order valence-electron chi connectivity index (χ2n) is 3.66. The van der Waals surface area contributed by atoms with E-state index in [1.807, 2.05) is 0 Å². The number of halogens is 1. The SMILES string of the molecule is CC(C)CC(C)(O)C(F)C(=O)O. The zero-order chi connectivity index (χ0) is 9.94. The lowest BCUT2D eigenvalue weighted by Crippen LogP contribution is -2.42. The topological polar surface area (TPSA) is 57.5 Å². The first kappa shape index (κ1) is 11.4. The van der Waals surface area contributed by atoms with Crippen LogP contribution in [0.25, 0.3) is 0 Å². The van der Waals surface area contributed by atoms with Crippen molar-refractivity contribution in [3.8, 4) is 0 Å². The Hall–Kier alpha value is -0.640. The van der Waals surface area contributed by atoms with Crippen LogP contribution in [0.1, 0.15) is 27.2 Å². The highest BCUT2D eigenvalue weighted by atomic mass is 19.1. The van der Waals surface area contributed by atoms with E-state index in [2.05, 4.69) is 0 Å². The van der Waals surface area contributed by atoms with Crippen LogP contribution in [0.2, 0.25) is 0 Å². The number of aliphatic carboxylic acids is 1. The van der Waals surface area contributed by atoms with Crippen molar-refractivity contribution in [2.45, 2.75) is 39.0 Å². The number of alkyl halides is 1. The summed E-state index contributed by atoms with van der Waals surface area (Å²) in [6.45, 7) is 4.79. The highest BCUT2D eigenvalue weighted by molar-refractivity contribution is 5.73. The third-order valence-electron chi connectivity index (χ3n) is 1.58. The van der Waals surface area contributed by atoms with E-state index in [0.717, 1.165) is 0 Å². The number of aliphatic hydroxyl groups is 1. The standard InChI is InChI=1S/C8H15FO3/c1-5(2)4-8(3,12)6(9)7(10)11/h5-6,12H,4H2,1-3H3,(H,10,11). The minimum atomic E-state index is -2.21. The van der Waals surface area contributed by atoms with E-state index in [1.54, 1.807) is 13.8 Å². The Balaban J connectivity index is 4.28. The van der Waals surface area contributed by atoms with Crippen molar-refractivity contribution in [3.63, 3.8) is 0 Å². The summed E-state index contributed by atoms with van der Waals surface area (Å²) in [6, 6.07) is 0. The van der Waals surface area contributed by atoms with Gasteiger partial charge in [0.15, 0.2) is 0 Å². The van der Waals surface area contributed by atoms with Gasteiger partial charge in [0.25, 0.3) is 0 Å². The largest absolute Gasteiger partial charge is 0.479 e. The molecule has 2 N–H and O–H groups in total. The van der Waals surface area contributed by atoms with Crippen LogP contribution in [0.5, 0.6) is 0 Å². The third kappa shape index (κ3) is 3.17. The van der Waals surface area contributed by atoms with Crippen LogP contribution in [-0.2, 0) is 4.79 Å². The van der Waals surface area contributed by atoms with Crippen molar-refractivity contribution >= 4 is 5.97 Å². The van der Waals surface area contributed by atoms with Gasteiger partial charge in [0.2, 0.25) is 6.17 Å². The molecule has 0 aromatic heterocycles. The molecule has 0 rings (SSSR count). The molecule has 4 heteroatoms. The van der Waals surface area contributed by atoms with E-state index in [1.165, 1.54) is 6.92 Å². The maximum absolute atomic E-state index is 12.8. The predicted octanol–water partition coefficient (Wildman–Crippen LogP) is 1.21. The summed E-state index contributed by atoms with van der Waals surface area (Å²) >= 11 is 0. The molecule has 0 saturated heterocycles. The monoisotopic (exact) mass is 178 g/mol. The van der Waals surface area contributed by atoms with E-state index >= 15 is 0 Å². The molecule has 0 bridgehead atoms. The number of carboxylic acid groups (broad SMARTS) is 1. The second kappa shape index (κ2) is 3.85. The van der Waals surface area contributed by atoms with Gasteiger partial charge in [-0.3, -0.25) is 0 Å². The van der Waals surface area contributed by atoms with E-state index in [0.29, 0.717) is 0 Å². The fourth-order valence-corrected chi connectivity index (χ4v) is 1.20. The van der Waals surface area contributed by atoms with Crippen molar-refractivity contribution < 1.29 is 19.4 Å². The van der Waals surface area contributed by atoms with Gasteiger partial charge in [-0.1, -0.05) is 13.8 Å². The van der Waals surface area contributed by atoms with Crippen LogP contribution in [0.4, 0.5) is 4.39 Å². The lowest BCUT2D eigenvalue weighted by molar-refractivity contribution is -0.154. The van der Waals surface area contributed by atoms with Gasteiger partial charge >= 0.3 is 5.97 Å². The summed E-state index contributed by atoms with van der Waals surface area (Å²) in [6.07, 6.45) is -2.07. The molecule has 0 radical (unpaired) electrons. The van der Waals surface area contributed by atoms with Crippen LogP contribution in [-0.4, -0.2) is 28.0 Å². The lowest BCUT2D eigenvalue weighted by atomic mass is 9.90. The van der Waals surface area contributed by atoms with Crippen LogP contribution in [0, 0.1) is 5.92 Å². The predicted molar refractivity (Wildman–Crippen MR) is 42.6 cm³/mol. The first-order valence-electron chi connectivity index (χ1n) is 3.86. The first-order chi connectivity index (χ1) is 5.27. The van der Waals surface area contributed by atoms with Gasteiger partial charge in [-0.25, -0.2) is 9.18 Å². The molecule has 0 aromatic rings. The van der Waals surface area contributed by atoms with Crippen molar-refractivity contribution in [2.24, 2.45) is 5.92 Å². The van der Waals surface area contributed by atoms with Crippen LogP contribution >= 0.6 is 0 Å². The Bertz CT molecular complexity index is 166. The summed E-state index contributed by atoms with van der Waals surface area (Å²) in [5, 5.41) is 17.7. The number of hydrogen-bond acceptors (Lipinski definition) is 2. The summed E-state index contributed by atoms with van der Waals surface area (Å²) in [7, 11) is 0. The van der Waals surface area contributed by atoms with Crippen molar-refractivity contribution in [2.75, 3.05) is 0 Å². The molecule has 0 amide bonds. The Morgan fingerprint density at radius 2 is 2.00 bits per heavy atom. The average molecular weight is 178 g/mol. The molecular weight excluding hydrogens is 163 g/mol. The number of rotatable bonds is 4. The van der Waals surface area contributed by atoms with E-state index in [9.17, 15) is 14.3 Å². The molecule has 0 aliphatic heterocycles. The molecule has 0 heterocycles. The molecular formula is C8H15FO3. The molecule has 0 aromatic carbocycles. The van der Waals surface area contributed by atoms with Gasteiger partial charge in [0.05, 0.1) is 0 Å². The quantitative estimate of drug-likeness (QED) is 0.680. The zero-order valence-corrected chi connectivity index (χ0v) is 7.54. The number of carbonyl (C=O) groups is 1. The minimum Gasteiger partial charge on any atom is -0.479 e. The molecule has 3 nitrogen and oxygen atoms in total. The maximum atomic E-state index is 12.8. The number of carboxylic acids is 1. The minimum absolute atomic E-state index is 0.0672.